The Hall–Kier alpha value is -2.84. The molecule has 30 heavy (non-hydrogen) atoms. The molecule has 0 heterocycles. The van der Waals surface area contributed by atoms with Crippen LogP contribution in [0.5, 0.6) is 5.75 Å². The van der Waals surface area contributed by atoms with Crippen molar-refractivity contribution in [1.29, 1.82) is 0 Å². The van der Waals surface area contributed by atoms with E-state index < -0.39 is 10.0 Å². The number of hydrogen-bond donors (Lipinski definition) is 2. The molecule has 0 fully saturated rings. The van der Waals surface area contributed by atoms with Crippen LogP contribution >= 0.6 is 15.9 Å². The molecule has 0 saturated carbocycles. The SMILES string of the molecule is CCc1ccc(C(=O)Nc2cc(S(=O)(=O)Nc3ccc(Br)cc3)ccc2OC)cc1. The Morgan fingerprint density at radius 3 is 2.27 bits per heavy atom. The fourth-order valence-corrected chi connectivity index (χ4v) is 4.12. The average Bonchev–Trinajstić information content (AvgIpc) is 2.75. The lowest BCUT2D eigenvalue weighted by molar-refractivity contribution is 0.102. The topological polar surface area (TPSA) is 84.5 Å². The number of methoxy groups -OCH3 is 1. The second kappa shape index (κ2) is 9.32. The number of rotatable bonds is 7. The summed E-state index contributed by atoms with van der Waals surface area (Å²) in [4.78, 5) is 12.6. The molecule has 6 nitrogen and oxygen atoms in total. The monoisotopic (exact) mass is 488 g/mol. The van der Waals surface area contributed by atoms with Crippen LogP contribution in [0.15, 0.2) is 76.1 Å². The van der Waals surface area contributed by atoms with Gasteiger partial charge in [-0.25, -0.2) is 8.42 Å². The molecule has 0 unspecified atom stereocenters. The number of sulfonamides is 1. The van der Waals surface area contributed by atoms with Gasteiger partial charge in [-0.3, -0.25) is 9.52 Å². The van der Waals surface area contributed by atoms with E-state index in [9.17, 15) is 13.2 Å². The number of benzene rings is 3. The molecule has 8 heteroatoms. The molecule has 0 atom stereocenters. The van der Waals surface area contributed by atoms with Crippen LogP contribution in [-0.4, -0.2) is 21.4 Å². The van der Waals surface area contributed by atoms with E-state index in [2.05, 4.69) is 26.0 Å². The smallest absolute Gasteiger partial charge is 0.261 e. The lowest BCUT2D eigenvalue weighted by Crippen LogP contribution is -2.15. The summed E-state index contributed by atoms with van der Waals surface area (Å²) < 4.78 is 34.2. The summed E-state index contributed by atoms with van der Waals surface area (Å²) in [6.45, 7) is 2.04. The van der Waals surface area contributed by atoms with E-state index >= 15 is 0 Å². The molecule has 0 spiro atoms. The molecule has 3 rings (SSSR count). The average molecular weight is 489 g/mol. The van der Waals surface area contributed by atoms with Gasteiger partial charge in [0.2, 0.25) is 0 Å². The van der Waals surface area contributed by atoms with Crippen molar-refractivity contribution in [3.63, 3.8) is 0 Å². The number of aryl methyl sites for hydroxylation is 1. The van der Waals surface area contributed by atoms with Gasteiger partial charge < -0.3 is 10.1 Å². The lowest BCUT2D eigenvalue weighted by atomic mass is 10.1. The predicted octanol–water partition coefficient (Wildman–Crippen LogP) is 5.07. The van der Waals surface area contributed by atoms with Gasteiger partial charge in [0.15, 0.2) is 0 Å². The van der Waals surface area contributed by atoms with Crippen molar-refractivity contribution in [2.75, 3.05) is 17.1 Å². The third-order valence-corrected chi connectivity index (χ3v) is 6.36. The first kappa shape index (κ1) is 21.9. The molecule has 0 saturated heterocycles. The summed E-state index contributed by atoms with van der Waals surface area (Å²) in [7, 11) is -2.40. The number of carbonyl (C=O) groups is 1. The largest absolute Gasteiger partial charge is 0.495 e. The summed E-state index contributed by atoms with van der Waals surface area (Å²) in [5.41, 5.74) is 2.28. The second-order valence-corrected chi connectivity index (χ2v) is 9.08. The number of anilines is 2. The second-order valence-electron chi connectivity index (χ2n) is 6.48. The van der Waals surface area contributed by atoms with Gasteiger partial charge in [0.1, 0.15) is 5.75 Å². The van der Waals surface area contributed by atoms with E-state index in [0.29, 0.717) is 17.0 Å². The van der Waals surface area contributed by atoms with Crippen molar-refractivity contribution in [1.82, 2.24) is 0 Å². The molecular weight excluding hydrogens is 468 g/mol. The highest BCUT2D eigenvalue weighted by Crippen LogP contribution is 2.29. The maximum Gasteiger partial charge on any atom is 0.261 e. The van der Waals surface area contributed by atoms with Gasteiger partial charge in [0.05, 0.1) is 17.7 Å². The molecule has 0 aliphatic rings. The van der Waals surface area contributed by atoms with Crippen LogP contribution in [0.3, 0.4) is 0 Å². The highest BCUT2D eigenvalue weighted by molar-refractivity contribution is 9.10. The molecule has 3 aromatic rings. The first-order valence-electron chi connectivity index (χ1n) is 9.19. The molecule has 1 amide bonds. The molecule has 0 aromatic heterocycles. The van der Waals surface area contributed by atoms with E-state index in [-0.39, 0.29) is 16.5 Å². The molecule has 156 valence electrons. The van der Waals surface area contributed by atoms with E-state index in [1.807, 2.05) is 19.1 Å². The van der Waals surface area contributed by atoms with E-state index in [0.717, 1.165) is 16.5 Å². The van der Waals surface area contributed by atoms with Crippen molar-refractivity contribution in [2.45, 2.75) is 18.2 Å². The van der Waals surface area contributed by atoms with Gasteiger partial charge in [-0.15, -0.1) is 0 Å². The van der Waals surface area contributed by atoms with Gasteiger partial charge in [-0.05, 0) is 66.6 Å². The summed E-state index contributed by atoms with van der Waals surface area (Å²) in [6, 6.07) is 18.3. The summed E-state index contributed by atoms with van der Waals surface area (Å²) >= 11 is 3.31. The molecule has 0 radical (unpaired) electrons. The number of amides is 1. The van der Waals surface area contributed by atoms with Crippen molar-refractivity contribution < 1.29 is 17.9 Å². The number of halogens is 1. The number of nitrogens with one attached hydrogen (secondary N) is 2. The van der Waals surface area contributed by atoms with E-state index in [1.165, 1.54) is 25.3 Å². The molecular formula is C22H21BrN2O4S. The minimum absolute atomic E-state index is 0.00264. The number of hydrogen-bond acceptors (Lipinski definition) is 4. The van der Waals surface area contributed by atoms with Crippen LogP contribution in [0, 0.1) is 0 Å². The predicted molar refractivity (Wildman–Crippen MR) is 122 cm³/mol. The third-order valence-electron chi connectivity index (χ3n) is 4.45. The zero-order valence-corrected chi connectivity index (χ0v) is 18.9. The summed E-state index contributed by atoms with van der Waals surface area (Å²) in [5.74, 6) is 0.00231. The first-order chi connectivity index (χ1) is 14.3. The fourth-order valence-electron chi connectivity index (χ4n) is 2.77. The van der Waals surface area contributed by atoms with Gasteiger partial charge in [0.25, 0.3) is 15.9 Å². The third kappa shape index (κ3) is 5.20. The highest BCUT2D eigenvalue weighted by Gasteiger charge is 2.18. The Balaban J connectivity index is 1.86. The Morgan fingerprint density at radius 2 is 1.67 bits per heavy atom. The van der Waals surface area contributed by atoms with Crippen LogP contribution in [-0.2, 0) is 16.4 Å². The van der Waals surface area contributed by atoms with Crippen molar-refractivity contribution in [3.8, 4) is 5.75 Å². The van der Waals surface area contributed by atoms with Crippen molar-refractivity contribution in [3.05, 3.63) is 82.3 Å². The Labute approximate surface area is 184 Å². The minimum Gasteiger partial charge on any atom is -0.495 e. The Bertz CT molecular complexity index is 1140. The van der Waals surface area contributed by atoms with Gasteiger partial charge in [-0.2, -0.15) is 0 Å². The zero-order chi connectivity index (χ0) is 21.7. The first-order valence-corrected chi connectivity index (χ1v) is 11.5. The van der Waals surface area contributed by atoms with Crippen LogP contribution in [0.25, 0.3) is 0 Å². The fraction of sp³-hybridized carbons (Fsp3) is 0.136. The minimum atomic E-state index is -3.86. The Kier molecular flexibility index (Phi) is 6.79. The van der Waals surface area contributed by atoms with Crippen LogP contribution < -0.4 is 14.8 Å². The van der Waals surface area contributed by atoms with E-state index in [4.69, 9.17) is 4.74 Å². The van der Waals surface area contributed by atoms with Gasteiger partial charge >= 0.3 is 0 Å². The molecule has 0 aliphatic carbocycles. The zero-order valence-electron chi connectivity index (χ0n) is 16.5. The normalized spacial score (nSPS) is 11.0. The highest BCUT2D eigenvalue weighted by atomic mass is 79.9. The molecule has 2 N–H and O–H groups in total. The maximum absolute atomic E-state index is 12.8. The summed E-state index contributed by atoms with van der Waals surface area (Å²) in [5, 5.41) is 2.74. The van der Waals surface area contributed by atoms with Gasteiger partial charge in [0, 0.05) is 15.7 Å². The van der Waals surface area contributed by atoms with Crippen LogP contribution in [0.4, 0.5) is 11.4 Å². The molecule has 0 aliphatic heterocycles. The Morgan fingerprint density at radius 1 is 1.00 bits per heavy atom. The van der Waals surface area contributed by atoms with Crippen molar-refractivity contribution >= 4 is 43.2 Å². The standard InChI is InChI=1S/C22H21BrN2O4S/c1-3-15-4-6-16(7-5-15)22(26)24-20-14-19(12-13-21(20)29-2)30(27,28)25-18-10-8-17(23)9-11-18/h4-14,25H,3H2,1-2H3,(H,24,26). The quantitative estimate of drug-likeness (QED) is 0.485. The lowest BCUT2D eigenvalue weighted by Gasteiger charge is -2.14. The van der Waals surface area contributed by atoms with E-state index in [1.54, 1.807) is 36.4 Å². The van der Waals surface area contributed by atoms with Gasteiger partial charge in [-0.1, -0.05) is 35.0 Å². The summed E-state index contributed by atoms with van der Waals surface area (Å²) in [6.07, 6.45) is 0.876. The molecule has 0 bridgehead atoms. The van der Waals surface area contributed by atoms with Crippen molar-refractivity contribution in [2.24, 2.45) is 0 Å². The molecule has 3 aromatic carbocycles. The number of ether oxygens (including phenoxy) is 1. The van der Waals surface area contributed by atoms with Crippen LogP contribution in [0.2, 0.25) is 0 Å². The number of carbonyl (C=O) groups excluding carboxylic acids is 1. The van der Waals surface area contributed by atoms with Crippen LogP contribution in [0.1, 0.15) is 22.8 Å². The maximum atomic E-state index is 12.8.